The molecule has 1 aliphatic heterocycles. The maximum absolute atomic E-state index is 13.0. The van der Waals surface area contributed by atoms with Crippen LogP contribution in [0.2, 0.25) is 18.1 Å². The Bertz CT molecular complexity index is 839. The first kappa shape index (κ1) is 27.7. The Labute approximate surface area is 209 Å². The minimum absolute atomic E-state index is 0.127. The summed E-state index contributed by atoms with van der Waals surface area (Å²) < 4.78 is 28.7. The summed E-state index contributed by atoms with van der Waals surface area (Å²) >= 11 is 2.11. The van der Waals surface area contributed by atoms with Crippen LogP contribution in [-0.2, 0) is 33.0 Å². The molecule has 10 heteroatoms. The van der Waals surface area contributed by atoms with E-state index in [0.717, 1.165) is 0 Å². The fourth-order valence-corrected chi connectivity index (χ4v) is 5.48. The number of rotatable bonds is 7. The highest BCUT2D eigenvalue weighted by Crippen LogP contribution is 2.41. The Kier molecular flexibility index (Phi) is 9.48. The SMILES string of the molecule is CC(=O)OC[C@H]1OC(OC(C)=O)[C@H](I)[C@@H](O[Si](C)(C)C(C)(C)C)[C@@H]1OC(=O)c1ccccc1. The van der Waals surface area contributed by atoms with E-state index >= 15 is 0 Å². The standard InChI is InChI=1S/C23H33IO8Si/c1-14(25)28-13-17-19(31-21(27)16-11-9-8-10-12-16)20(32-33(6,7)23(3,4)5)18(24)22(30-17)29-15(2)26/h8-12,17-20,22H,13H2,1-7H3/t17-,18-,19-,20-,22?/m1/s1. The van der Waals surface area contributed by atoms with E-state index in [1.54, 1.807) is 30.3 Å². The highest BCUT2D eigenvalue weighted by atomic mass is 127. The Hall–Kier alpha value is -1.50. The van der Waals surface area contributed by atoms with E-state index in [-0.39, 0.29) is 11.6 Å². The topological polar surface area (TPSA) is 97.4 Å². The highest BCUT2D eigenvalue weighted by molar-refractivity contribution is 14.1. The molecule has 1 aliphatic rings. The number of halogens is 1. The van der Waals surface area contributed by atoms with Crippen LogP contribution in [-0.4, -0.2) is 61.4 Å². The quantitative estimate of drug-likeness (QED) is 0.152. The molecule has 1 fully saturated rings. The van der Waals surface area contributed by atoms with Gasteiger partial charge in [0.2, 0.25) is 6.29 Å². The van der Waals surface area contributed by atoms with Crippen LogP contribution in [0.15, 0.2) is 30.3 Å². The molecule has 0 aromatic heterocycles. The van der Waals surface area contributed by atoms with Gasteiger partial charge in [0, 0.05) is 13.8 Å². The van der Waals surface area contributed by atoms with Crippen LogP contribution in [0.5, 0.6) is 0 Å². The minimum atomic E-state index is -2.35. The summed E-state index contributed by atoms with van der Waals surface area (Å²) in [5.74, 6) is -1.57. The van der Waals surface area contributed by atoms with E-state index in [2.05, 4.69) is 56.5 Å². The van der Waals surface area contributed by atoms with Gasteiger partial charge in [-0.2, -0.15) is 0 Å². The van der Waals surface area contributed by atoms with Gasteiger partial charge in [-0.25, -0.2) is 4.79 Å². The van der Waals surface area contributed by atoms with Crippen molar-refractivity contribution < 1.29 is 37.8 Å². The molecule has 0 radical (unpaired) electrons. The molecule has 0 aliphatic carbocycles. The van der Waals surface area contributed by atoms with Crippen molar-refractivity contribution in [2.45, 2.75) is 81.3 Å². The van der Waals surface area contributed by atoms with Gasteiger partial charge in [-0.05, 0) is 30.3 Å². The first-order valence-electron chi connectivity index (χ1n) is 10.8. The zero-order valence-electron chi connectivity index (χ0n) is 20.1. The van der Waals surface area contributed by atoms with Crippen molar-refractivity contribution in [1.82, 2.24) is 0 Å². The largest absolute Gasteiger partial charge is 0.463 e. The number of hydrogen-bond acceptors (Lipinski definition) is 8. The van der Waals surface area contributed by atoms with Gasteiger partial charge >= 0.3 is 17.9 Å². The maximum atomic E-state index is 13.0. The molecule has 184 valence electrons. The third-order valence-electron chi connectivity index (χ3n) is 5.80. The Morgan fingerprint density at radius 3 is 2.12 bits per heavy atom. The predicted molar refractivity (Wildman–Crippen MR) is 133 cm³/mol. The Morgan fingerprint density at radius 2 is 1.61 bits per heavy atom. The number of carbonyl (C=O) groups excluding carboxylic acids is 3. The number of esters is 3. The van der Waals surface area contributed by atoms with E-state index < -0.39 is 54.8 Å². The van der Waals surface area contributed by atoms with Crippen LogP contribution in [0.3, 0.4) is 0 Å². The van der Waals surface area contributed by atoms with Gasteiger partial charge in [0.1, 0.15) is 22.7 Å². The van der Waals surface area contributed by atoms with Crippen molar-refractivity contribution >= 4 is 48.8 Å². The lowest BCUT2D eigenvalue weighted by molar-refractivity contribution is -0.243. The molecule has 5 atom stereocenters. The van der Waals surface area contributed by atoms with E-state index in [9.17, 15) is 14.4 Å². The molecule has 1 aromatic carbocycles. The molecule has 8 nitrogen and oxygen atoms in total. The molecule has 1 unspecified atom stereocenters. The Morgan fingerprint density at radius 1 is 1.00 bits per heavy atom. The first-order chi connectivity index (χ1) is 15.2. The summed E-state index contributed by atoms with van der Waals surface area (Å²) in [4.78, 5) is 36.2. The zero-order chi connectivity index (χ0) is 25.0. The zero-order valence-corrected chi connectivity index (χ0v) is 23.3. The van der Waals surface area contributed by atoms with E-state index in [1.165, 1.54) is 13.8 Å². The van der Waals surface area contributed by atoms with E-state index in [0.29, 0.717) is 5.56 Å². The van der Waals surface area contributed by atoms with Crippen LogP contribution in [0.1, 0.15) is 45.0 Å². The fourth-order valence-electron chi connectivity index (χ4n) is 3.02. The van der Waals surface area contributed by atoms with Gasteiger partial charge in [-0.3, -0.25) is 9.59 Å². The summed E-state index contributed by atoms with van der Waals surface area (Å²) in [6.45, 7) is 12.9. The molecule has 1 heterocycles. The van der Waals surface area contributed by atoms with E-state index in [1.807, 2.05) is 0 Å². The molecule has 0 N–H and O–H groups in total. The monoisotopic (exact) mass is 592 g/mol. The van der Waals surface area contributed by atoms with Gasteiger partial charge in [0.05, 0.1) is 5.56 Å². The summed E-state index contributed by atoms with van der Waals surface area (Å²) in [5, 5.41) is -0.127. The lowest BCUT2D eigenvalue weighted by Gasteiger charge is -2.48. The number of carbonyl (C=O) groups is 3. The normalized spacial score (nSPS) is 25.8. The van der Waals surface area contributed by atoms with Gasteiger partial charge < -0.3 is 23.4 Å². The lowest BCUT2D eigenvalue weighted by atomic mass is 10.0. The first-order valence-corrected chi connectivity index (χ1v) is 14.9. The van der Waals surface area contributed by atoms with Crippen LogP contribution < -0.4 is 0 Å². The minimum Gasteiger partial charge on any atom is -0.463 e. The van der Waals surface area contributed by atoms with Crippen molar-refractivity contribution in [3.63, 3.8) is 0 Å². The molecule has 1 saturated heterocycles. The van der Waals surface area contributed by atoms with Crippen molar-refractivity contribution in [2.24, 2.45) is 0 Å². The van der Waals surface area contributed by atoms with Gasteiger partial charge in [0.15, 0.2) is 14.4 Å². The average molecular weight is 592 g/mol. The third kappa shape index (κ3) is 7.49. The maximum Gasteiger partial charge on any atom is 0.338 e. The second-order valence-corrected chi connectivity index (χ2v) is 15.7. The van der Waals surface area contributed by atoms with Crippen molar-refractivity contribution in [1.29, 1.82) is 0 Å². The summed E-state index contributed by atoms with van der Waals surface area (Å²) in [5.41, 5.74) is 0.377. The molecule has 2 rings (SSSR count). The van der Waals surface area contributed by atoms with Gasteiger partial charge in [0.25, 0.3) is 0 Å². The highest BCUT2D eigenvalue weighted by Gasteiger charge is 2.53. The third-order valence-corrected chi connectivity index (χ3v) is 11.6. The molecule has 33 heavy (non-hydrogen) atoms. The molecular weight excluding hydrogens is 559 g/mol. The molecule has 0 amide bonds. The summed E-state index contributed by atoms with van der Waals surface area (Å²) in [7, 11) is -2.35. The van der Waals surface area contributed by atoms with Crippen molar-refractivity contribution in [3.8, 4) is 0 Å². The predicted octanol–water partition coefficient (Wildman–Crippen LogP) is 4.26. The van der Waals surface area contributed by atoms with Gasteiger partial charge in [-0.15, -0.1) is 0 Å². The van der Waals surface area contributed by atoms with Gasteiger partial charge in [-0.1, -0.05) is 61.6 Å². The van der Waals surface area contributed by atoms with Crippen LogP contribution in [0.25, 0.3) is 0 Å². The smallest absolute Gasteiger partial charge is 0.338 e. The van der Waals surface area contributed by atoms with Crippen LogP contribution in [0, 0.1) is 0 Å². The number of benzene rings is 1. The molecule has 0 saturated carbocycles. The second-order valence-electron chi connectivity index (χ2n) is 9.48. The summed E-state index contributed by atoms with van der Waals surface area (Å²) in [6.07, 6.45) is -3.38. The fraction of sp³-hybridized carbons (Fsp3) is 0.609. The van der Waals surface area contributed by atoms with Crippen molar-refractivity contribution in [3.05, 3.63) is 35.9 Å². The van der Waals surface area contributed by atoms with Crippen LogP contribution >= 0.6 is 22.6 Å². The molecular formula is C23H33IO8Si. The summed E-state index contributed by atoms with van der Waals surface area (Å²) in [6, 6.07) is 8.59. The molecule has 0 spiro atoms. The van der Waals surface area contributed by atoms with Crippen molar-refractivity contribution in [2.75, 3.05) is 6.61 Å². The Balaban J connectivity index is 2.44. The lowest BCUT2D eigenvalue weighted by Crippen LogP contribution is -2.62. The second kappa shape index (κ2) is 11.3. The number of alkyl halides is 1. The number of hydrogen-bond donors (Lipinski definition) is 0. The molecule has 1 aromatic rings. The molecule has 0 bridgehead atoms. The average Bonchev–Trinajstić information content (AvgIpc) is 2.70. The number of ether oxygens (including phenoxy) is 4. The van der Waals surface area contributed by atoms with E-state index in [4.69, 9.17) is 23.4 Å². The van der Waals surface area contributed by atoms with Crippen LogP contribution in [0.4, 0.5) is 0 Å².